The van der Waals surface area contributed by atoms with Crippen LogP contribution in [0.1, 0.15) is 57.7 Å². The average molecular weight is 882 g/mol. The van der Waals surface area contributed by atoms with E-state index in [1.54, 1.807) is 0 Å². The third-order valence-electron chi connectivity index (χ3n) is 12.5. The number of rotatable bonds is 7. The van der Waals surface area contributed by atoms with E-state index in [0.29, 0.717) is 0 Å². The van der Waals surface area contributed by atoms with Crippen molar-refractivity contribution in [1.82, 2.24) is 0 Å². The first kappa shape index (κ1) is 48.1. The molecule has 9 aromatic rings. The molecule has 0 spiro atoms. The van der Waals surface area contributed by atoms with E-state index in [9.17, 15) is 0 Å². The molecule has 0 aliphatic heterocycles. The molecule has 0 bridgehead atoms. The minimum absolute atomic E-state index is 0.942. The van der Waals surface area contributed by atoms with Crippen molar-refractivity contribution < 1.29 is 0 Å². The van der Waals surface area contributed by atoms with Gasteiger partial charge in [-0.3, -0.25) is 4.99 Å². The number of hydrogen-bond donors (Lipinski definition) is 0. The van der Waals surface area contributed by atoms with Gasteiger partial charge in [-0.25, -0.2) is 0 Å². The predicted octanol–water partition coefficient (Wildman–Crippen LogP) is 19.6. The van der Waals surface area contributed by atoms with Gasteiger partial charge in [-0.2, -0.15) is 0 Å². The number of aliphatic imine (C=N–C) groups is 1. The van der Waals surface area contributed by atoms with Crippen LogP contribution in [-0.2, 0) is 6.42 Å². The monoisotopic (exact) mass is 881 g/mol. The van der Waals surface area contributed by atoms with Gasteiger partial charge in [0, 0.05) is 0 Å². The molecule has 10 rings (SSSR count). The fourth-order valence-corrected chi connectivity index (χ4v) is 8.89. The molecule has 0 saturated carbocycles. The number of nitrogens with zero attached hydrogens (tertiary/aromatic N) is 1. The quantitative estimate of drug-likeness (QED) is 0.0859. The lowest BCUT2D eigenvalue weighted by atomic mass is 9.84. The molecule has 0 N–H and O–H groups in total. The SMILES string of the molecule is C=C(C)C1=C/C(=C/C=C\C)CC=C=C1.C=Nc1ccccc1C.CC.CCc1ccc(-c2ccc3c(-c4ccc5ccccc5c4)c4ccccc4c(-c4ccc5ccccc5c4)c3c2)cc1C. The van der Waals surface area contributed by atoms with Crippen molar-refractivity contribution >= 4 is 55.5 Å². The van der Waals surface area contributed by atoms with Gasteiger partial charge >= 0.3 is 0 Å². The van der Waals surface area contributed by atoms with Crippen molar-refractivity contribution in [2.45, 2.75) is 61.3 Å². The first-order valence-corrected chi connectivity index (χ1v) is 24.0. The maximum Gasteiger partial charge on any atom is 0.0651 e. The minimum atomic E-state index is 0.942. The Kier molecular flexibility index (Phi) is 16.3. The summed E-state index contributed by atoms with van der Waals surface area (Å²) < 4.78 is 0. The molecule has 0 fully saturated rings. The average Bonchev–Trinajstić information content (AvgIpc) is 3.64. The largest absolute Gasteiger partial charge is 0.264 e. The van der Waals surface area contributed by atoms with Crippen LogP contribution >= 0.6 is 0 Å². The molecular weight excluding hydrogens is 819 g/mol. The van der Waals surface area contributed by atoms with Crippen molar-refractivity contribution in [1.29, 1.82) is 0 Å². The number of aryl methyl sites for hydroxylation is 3. The van der Waals surface area contributed by atoms with Gasteiger partial charge in [0.1, 0.15) is 0 Å². The fraction of sp³-hybridized carbons (Fsp3) is 0.134. The molecule has 9 aromatic carbocycles. The molecule has 1 nitrogen and oxygen atoms in total. The molecule has 0 amide bonds. The second-order valence-electron chi connectivity index (χ2n) is 17.0. The smallest absolute Gasteiger partial charge is 0.0651 e. The molecule has 68 heavy (non-hydrogen) atoms. The highest BCUT2D eigenvalue weighted by Gasteiger charge is 2.18. The zero-order valence-electron chi connectivity index (χ0n) is 40.9. The zero-order chi connectivity index (χ0) is 48.0. The van der Waals surface area contributed by atoms with E-state index < -0.39 is 0 Å². The summed E-state index contributed by atoms with van der Waals surface area (Å²) in [6.45, 7) is 21.9. The summed E-state index contributed by atoms with van der Waals surface area (Å²) in [5.41, 5.74) is 19.2. The highest BCUT2D eigenvalue weighted by atomic mass is 14.7. The van der Waals surface area contributed by atoms with E-state index in [1.165, 1.54) is 98.7 Å². The van der Waals surface area contributed by atoms with Crippen molar-refractivity contribution in [3.63, 3.8) is 0 Å². The van der Waals surface area contributed by atoms with Crippen molar-refractivity contribution in [3.8, 4) is 33.4 Å². The standard InChI is InChI=1S/C43H32.C14H16.C8H9N.C2H6/c1-3-29-16-19-34(24-28(29)2)35-22-23-40-41(27-35)43(37-21-18-31-11-5-7-13-33(31)26-37)39-15-9-8-14-38(39)42(40)36-20-17-30-10-4-6-12-32(30)25-36;1-4-5-8-13-9-6-7-10-14(11-13)12(2)3;1-7-5-3-4-6-8(7)9-2;1-2/h4-27H,3H2,1-2H3;4-6,8,10-11H,2,9H2,1,3H3;3-6H,2H2,1H3;1-2H3/b;5-4-,13-8+;;. The lowest BCUT2D eigenvalue weighted by Crippen LogP contribution is -1.93. The first-order chi connectivity index (χ1) is 33.3. The molecule has 0 radical (unpaired) electrons. The van der Waals surface area contributed by atoms with Crippen molar-refractivity contribution in [2.75, 3.05) is 0 Å². The lowest BCUT2D eigenvalue weighted by molar-refractivity contribution is 1.11. The topological polar surface area (TPSA) is 12.4 Å². The van der Waals surface area contributed by atoms with E-state index in [2.05, 4.69) is 202 Å². The number of para-hydroxylation sites is 1. The van der Waals surface area contributed by atoms with Crippen LogP contribution in [0.15, 0.2) is 240 Å². The van der Waals surface area contributed by atoms with E-state index in [4.69, 9.17) is 0 Å². The maximum absolute atomic E-state index is 3.94. The Labute approximate surface area is 405 Å². The van der Waals surface area contributed by atoms with Crippen LogP contribution in [0.4, 0.5) is 5.69 Å². The van der Waals surface area contributed by atoms with Crippen LogP contribution in [0.2, 0.25) is 0 Å². The Morgan fingerprint density at radius 3 is 1.68 bits per heavy atom. The van der Waals surface area contributed by atoms with Gasteiger partial charge in [0.05, 0.1) is 5.69 Å². The molecular formula is C67H63N. The summed E-state index contributed by atoms with van der Waals surface area (Å²) in [4.78, 5) is 3.82. The first-order valence-electron chi connectivity index (χ1n) is 24.0. The van der Waals surface area contributed by atoms with Gasteiger partial charge in [-0.15, -0.1) is 5.73 Å². The van der Waals surface area contributed by atoms with Crippen LogP contribution in [-0.4, -0.2) is 6.72 Å². The van der Waals surface area contributed by atoms with Gasteiger partial charge in [0.25, 0.3) is 0 Å². The number of hydrogen-bond acceptors (Lipinski definition) is 1. The number of allylic oxidation sites excluding steroid dienone is 8. The Morgan fingerprint density at radius 2 is 1.12 bits per heavy atom. The normalized spacial score (nSPS) is 12.5. The van der Waals surface area contributed by atoms with Crippen LogP contribution in [0.25, 0.3) is 76.5 Å². The summed E-state index contributed by atoms with van der Waals surface area (Å²) in [5, 5.41) is 10.2. The summed E-state index contributed by atoms with van der Waals surface area (Å²) in [6, 6.07) is 62.0. The van der Waals surface area contributed by atoms with Crippen LogP contribution < -0.4 is 0 Å². The summed E-state index contributed by atoms with van der Waals surface area (Å²) in [5.74, 6) is 0. The third kappa shape index (κ3) is 11.1. The molecule has 1 aliphatic carbocycles. The summed E-state index contributed by atoms with van der Waals surface area (Å²) in [6.07, 6.45) is 14.4. The highest BCUT2D eigenvalue weighted by Crippen LogP contribution is 2.46. The molecule has 336 valence electrons. The molecule has 1 aliphatic rings. The number of fused-ring (bicyclic) bond motifs is 4. The van der Waals surface area contributed by atoms with Gasteiger partial charge in [-0.05, 0) is 188 Å². The maximum atomic E-state index is 3.94. The van der Waals surface area contributed by atoms with Crippen LogP contribution in [0.3, 0.4) is 0 Å². The number of benzene rings is 9. The zero-order valence-corrected chi connectivity index (χ0v) is 40.9. The second-order valence-corrected chi connectivity index (χ2v) is 17.0. The van der Waals surface area contributed by atoms with Crippen LogP contribution in [0.5, 0.6) is 0 Å². The molecule has 0 aromatic heterocycles. The van der Waals surface area contributed by atoms with E-state index in [-0.39, 0.29) is 0 Å². The molecule has 0 saturated heterocycles. The molecule has 0 atom stereocenters. The third-order valence-corrected chi connectivity index (χ3v) is 12.5. The van der Waals surface area contributed by atoms with E-state index in [1.807, 2.05) is 77.1 Å². The van der Waals surface area contributed by atoms with Gasteiger partial charge in [-0.1, -0.05) is 203 Å². The van der Waals surface area contributed by atoms with Crippen molar-refractivity contribution in [3.05, 3.63) is 252 Å². The van der Waals surface area contributed by atoms with Gasteiger partial charge in [0.15, 0.2) is 0 Å². The Balaban J connectivity index is 0.000000224. The fourth-order valence-electron chi connectivity index (χ4n) is 8.89. The summed E-state index contributed by atoms with van der Waals surface area (Å²) >= 11 is 0. The van der Waals surface area contributed by atoms with Crippen LogP contribution in [0, 0.1) is 13.8 Å². The van der Waals surface area contributed by atoms with E-state index in [0.717, 1.165) is 29.7 Å². The van der Waals surface area contributed by atoms with E-state index >= 15 is 0 Å². The van der Waals surface area contributed by atoms with Crippen molar-refractivity contribution in [2.24, 2.45) is 4.99 Å². The Hall–Kier alpha value is -7.83. The van der Waals surface area contributed by atoms with Gasteiger partial charge in [0.2, 0.25) is 0 Å². The highest BCUT2D eigenvalue weighted by molar-refractivity contribution is 6.22. The molecule has 0 heterocycles. The summed E-state index contributed by atoms with van der Waals surface area (Å²) in [7, 11) is 0. The molecule has 0 unspecified atom stereocenters. The second kappa shape index (κ2) is 23.1. The lowest BCUT2D eigenvalue weighted by Gasteiger charge is -2.19. The predicted molar refractivity (Wildman–Crippen MR) is 302 cm³/mol. The van der Waals surface area contributed by atoms with Gasteiger partial charge < -0.3 is 0 Å². The Bertz CT molecular complexity index is 3430. The molecule has 1 heteroatoms. The Morgan fingerprint density at radius 1 is 0.588 bits per heavy atom. The minimum Gasteiger partial charge on any atom is -0.264 e.